The third-order valence-electron chi connectivity index (χ3n) is 2.80. The Morgan fingerprint density at radius 2 is 1.86 bits per heavy atom. The molecule has 0 aliphatic heterocycles. The molecule has 0 heterocycles. The third-order valence-corrected chi connectivity index (χ3v) is 2.80. The van der Waals surface area contributed by atoms with Gasteiger partial charge >= 0.3 is 0 Å². The lowest BCUT2D eigenvalue weighted by Gasteiger charge is -2.16. The van der Waals surface area contributed by atoms with E-state index in [0.29, 0.717) is 36.8 Å². The molecular weight excluding hydrogens is 268 g/mol. The van der Waals surface area contributed by atoms with Crippen LogP contribution in [0, 0.1) is 16.7 Å². The predicted octanol–water partition coefficient (Wildman–Crippen LogP) is 2.76. The largest absolute Gasteiger partial charge is 0.490 e. The fourth-order valence-corrected chi connectivity index (χ4v) is 1.64. The van der Waals surface area contributed by atoms with Gasteiger partial charge in [-0.05, 0) is 45.9 Å². The Kier molecular flexibility index (Phi) is 6.04. The van der Waals surface area contributed by atoms with E-state index in [1.54, 1.807) is 32.0 Å². The predicted molar refractivity (Wildman–Crippen MR) is 80.5 cm³/mol. The lowest BCUT2D eigenvalue weighted by molar-refractivity contribution is 0.0943. The van der Waals surface area contributed by atoms with Crippen LogP contribution in [0.25, 0.3) is 0 Å². The fourth-order valence-electron chi connectivity index (χ4n) is 1.64. The zero-order chi connectivity index (χ0) is 15.9. The maximum Gasteiger partial charge on any atom is 0.251 e. The Balaban J connectivity index is 2.85. The number of ether oxygens (including phenoxy) is 2. The molecule has 0 aliphatic carbocycles. The van der Waals surface area contributed by atoms with Gasteiger partial charge in [0.25, 0.3) is 5.91 Å². The second kappa shape index (κ2) is 7.53. The van der Waals surface area contributed by atoms with E-state index in [2.05, 4.69) is 11.4 Å². The van der Waals surface area contributed by atoms with Gasteiger partial charge in [0.2, 0.25) is 0 Å². The highest BCUT2D eigenvalue weighted by Crippen LogP contribution is 2.28. The standard InChI is InChI=1S/C16H22N2O3/c1-5-20-13-8-7-12(9-14(13)21-6-2)15(19)18-11-16(3,4)10-17/h7-9H,5-6,11H2,1-4H3,(H,18,19). The Bertz CT molecular complexity index is 533. The number of hydrogen-bond acceptors (Lipinski definition) is 4. The summed E-state index contributed by atoms with van der Waals surface area (Å²) in [5.74, 6) is 0.933. The van der Waals surface area contributed by atoms with Gasteiger partial charge in [-0.2, -0.15) is 5.26 Å². The molecule has 0 aliphatic rings. The van der Waals surface area contributed by atoms with Crippen molar-refractivity contribution in [1.29, 1.82) is 5.26 Å². The molecule has 1 rings (SSSR count). The number of carbonyl (C=O) groups excluding carboxylic acids is 1. The Labute approximate surface area is 125 Å². The van der Waals surface area contributed by atoms with E-state index in [1.807, 2.05) is 13.8 Å². The minimum atomic E-state index is -0.594. The van der Waals surface area contributed by atoms with E-state index in [1.165, 1.54) is 0 Å². The molecule has 1 N–H and O–H groups in total. The molecule has 0 unspecified atom stereocenters. The van der Waals surface area contributed by atoms with Gasteiger partial charge in [-0.15, -0.1) is 0 Å². The summed E-state index contributed by atoms with van der Waals surface area (Å²) in [5.41, 5.74) is -0.112. The van der Waals surface area contributed by atoms with Gasteiger partial charge in [0.05, 0.1) is 24.7 Å². The van der Waals surface area contributed by atoms with E-state index in [9.17, 15) is 4.79 Å². The minimum Gasteiger partial charge on any atom is -0.490 e. The van der Waals surface area contributed by atoms with Crippen molar-refractivity contribution in [2.45, 2.75) is 27.7 Å². The van der Waals surface area contributed by atoms with Crippen LogP contribution in [0.1, 0.15) is 38.1 Å². The molecule has 0 fully saturated rings. The topological polar surface area (TPSA) is 71.3 Å². The monoisotopic (exact) mass is 290 g/mol. The Morgan fingerprint density at radius 1 is 1.24 bits per heavy atom. The molecule has 0 saturated carbocycles. The van der Waals surface area contributed by atoms with Crippen LogP contribution in [0.15, 0.2) is 18.2 Å². The van der Waals surface area contributed by atoms with E-state index in [-0.39, 0.29) is 5.91 Å². The molecule has 1 amide bonds. The molecule has 0 saturated heterocycles. The van der Waals surface area contributed by atoms with Crippen LogP contribution in [0.4, 0.5) is 0 Å². The number of rotatable bonds is 7. The van der Waals surface area contributed by atoms with Gasteiger partial charge in [-0.3, -0.25) is 4.79 Å². The summed E-state index contributed by atoms with van der Waals surface area (Å²) < 4.78 is 10.9. The van der Waals surface area contributed by atoms with Gasteiger partial charge in [-0.1, -0.05) is 0 Å². The number of carbonyl (C=O) groups is 1. The molecule has 5 heteroatoms. The van der Waals surface area contributed by atoms with Crippen LogP contribution < -0.4 is 14.8 Å². The zero-order valence-electron chi connectivity index (χ0n) is 13.0. The van der Waals surface area contributed by atoms with Gasteiger partial charge in [0.15, 0.2) is 11.5 Å². The Morgan fingerprint density at radius 3 is 2.43 bits per heavy atom. The van der Waals surface area contributed by atoms with Gasteiger partial charge < -0.3 is 14.8 Å². The van der Waals surface area contributed by atoms with Crippen molar-refractivity contribution in [3.8, 4) is 17.6 Å². The first kappa shape index (κ1) is 16.8. The lowest BCUT2D eigenvalue weighted by Crippen LogP contribution is -2.33. The molecule has 0 bridgehead atoms. The first-order chi connectivity index (χ1) is 9.93. The summed E-state index contributed by atoms with van der Waals surface area (Å²) >= 11 is 0. The Hall–Kier alpha value is -2.22. The van der Waals surface area contributed by atoms with E-state index < -0.39 is 5.41 Å². The zero-order valence-corrected chi connectivity index (χ0v) is 13.0. The van der Waals surface area contributed by atoms with Crippen molar-refractivity contribution in [1.82, 2.24) is 5.32 Å². The van der Waals surface area contributed by atoms with Crippen LogP contribution >= 0.6 is 0 Å². The first-order valence-electron chi connectivity index (χ1n) is 7.02. The maximum absolute atomic E-state index is 12.1. The summed E-state index contributed by atoms with van der Waals surface area (Å²) in [4.78, 5) is 12.1. The molecule has 1 aromatic rings. The summed E-state index contributed by atoms with van der Waals surface area (Å²) in [5, 5.41) is 11.7. The van der Waals surface area contributed by atoms with Gasteiger partial charge in [0, 0.05) is 12.1 Å². The van der Waals surface area contributed by atoms with Crippen LogP contribution in [0.2, 0.25) is 0 Å². The molecule has 21 heavy (non-hydrogen) atoms. The molecule has 5 nitrogen and oxygen atoms in total. The average molecular weight is 290 g/mol. The van der Waals surface area contributed by atoms with Crippen molar-refractivity contribution in [3.05, 3.63) is 23.8 Å². The molecule has 1 aromatic carbocycles. The van der Waals surface area contributed by atoms with Gasteiger partial charge in [-0.25, -0.2) is 0 Å². The van der Waals surface area contributed by atoms with Crippen LogP contribution in [0.3, 0.4) is 0 Å². The van der Waals surface area contributed by atoms with Crippen molar-refractivity contribution in [3.63, 3.8) is 0 Å². The van der Waals surface area contributed by atoms with Crippen molar-refractivity contribution in [2.24, 2.45) is 5.41 Å². The average Bonchev–Trinajstić information content (AvgIpc) is 2.47. The second-order valence-corrected chi connectivity index (χ2v) is 5.21. The van der Waals surface area contributed by atoms with Crippen molar-refractivity contribution in [2.75, 3.05) is 19.8 Å². The van der Waals surface area contributed by atoms with E-state index in [4.69, 9.17) is 14.7 Å². The van der Waals surface area contributed by atoms with Crippen molar-refractivity contribution < 1.29 is 14.3 Å². The van der Waals surface area contributed by atoms with Gasteiger partial charge in [0.1, 0.15) is 0 Å². The smallest absolute Gasteiger partial charge is 0.251 e. The number of nitriles is 1. The minimum absolute atomic E-state index is 0.234. The fraction of sp³-hybridized carbons (Fsp3) is 0.500. The number of amides is 1. The normalized spacial score (nSPS) is 10.6. The van der Waals surface area contributed by atoms with Crippen LogP contribution in [0.5, 0.6) is 11.5 Å². The highest BCUT2D eigenvalue weighted by Gasteiger charge is 2.19. The molecule has 0 spiro atoms. The molecule has 0 atom stereocenters. The third kappa shape index (κ3) is 4.99. The van der Waals surface area contributed by atoms with E-state index >= 15 is 0 Å². The SMILES string of the molecule is CCOc1ccc(C(=O)NCC(C)(C)C#N)cc1OCC. The highest BCUT2D eigenvalue weighted by atomic mass is 16.5. The number of nitrogens with zero attached hydrogens (tertiary/aromatic N) is 1. The van der Waals surface area contributed by atoms with Crippen LogP contribution in [-0.4, -0.2) is 25.7 Å². The molecule has 114 valence electrons. The quantitative estimate of drug-likeness (QED) is 0.838. The summed E-state index contributed by atoms with van der Waals surface area (Å²) in [6.07, 6.45) is 0. The maximum atomic E-state index is 12.1. The summed E-state index contributed by atoms with van der Waals surface area (Å²) in [6.45, 7) is 8.63. The number of nitrogens with one attached hydrogen (secondary N) is 1. The van der Waals surface area contributed by atoms with Crippen LogP contribution in [-0.2, 0) is 0 Å². The summed E-state index contributed by atoms with van der Waals surface area (Å²) in [6, 6.07) is 7.21. The number of hydrogen-bond donors (Lipinski definition) is 1. The van der Waals surface area contributed by atoms with Crippen molar-refractivity contribution >= 4 is 5.91 Å². The molecule has 0 radical (unpaired) electrons. The van der Waals surface area contributed by atoms with E-state index in [0.717, 1.165) is 0 Å². The first-order valence-corrected chi connectivity index (χ1v) is 7.02. The second-order valence-electron chi connectivity index (χ2n) is 5.21. The highest BCUT2D eigenvalue weighted by molar-refractivity contribution is 5.94. The lowest BCUT2D eigenvalue weighted by atomic mass is 9.96. The molecular formula is C16H22N2O3. The summed E-state index contributed by atoms with van der Waals surface area (Å²) in [7, 11) is 0. The number of benzene rings is 1. The molecule has 0 aromatic heterocycles.